The summed E-state index contributed by atoms with van der Waals surface area (Å²) in [5.41, 5.74) is 1.38. The Morgan fingerprint density at radius 1 is 1.43 bits per heavy atom. The van der Waals surface area contributed by atoms with E-state index >= 15 is 0 Å². The van der Waals surface area contributed by atoms with E-state index in [1.54, 1.807) is 20.8 Å². The molecule has 0 unspecified atom stereocenters. The maximum Gasteiger partial charge on any atom is 0.311 e. The zero-order valence-electron chi connectivity index (χ0n) is 12.9. The van der Waals surface area contributed by atoms with E-state index in [9.17, 15) is 9.59 Å². The normalized spacial score (nSPS) is 12.2. The van der Waals surface area contributed by atoms with Gasteiger partial charge in [-0.25, -0.2) is 4.98 Å². The van der Waals surface area contributed by atoms with Crippen molar-refractivity contribution in [2.45, 2.75) is 39.8 Å². The molecule has 124 valence electrons. The first-order valence-corrected chi connectivity index (χ1v) is 7.27. The van der Waals surface area contributed by atoms with Crippen molar-refractivity contribution in [1.82, 2.24) is 30.3 Å². The van der Waals surface area contributed by atoms with Crippen molar-refractivity contribution in [3.63, 3.8) is 0 Å². The van der Waals surface area contributed by atoms with E-state index in [4.69, 9.17) is 16.7 Å². The van der Waals surface area contributed by atoms with Crippen LogP contribution < -0.4 is 5.32 Å². The maximum atomic E-state index is 12.1. The van der Waals surface area contributed by atoms with Crippen LogP contribution in [0.25, 0.3) is 0 Å². The summed E-state index contributed by atoms with van der Waals surface area (Å²) in [4.78, 5) is 26.7. The SMILES string of the molecule is Cc1nn(CC(=O)N[C@@H](C)c2n[nH]c(CC(=O)O)n2)c(C)c1Cl. The molecule has 0 spiro atoms. The van der Waals surface area contributed by atoms with Gasteiger partial charge in [0.05, 0.1) is 22.5 Å². The minimum absolute atomic E-state index is 0.0239. The summed E-state index contributed by atoms with van der Waals surface area (Å²) in [6, 6.07) is -0.464. The van der Waals surface area contributed by atoms with Gasteiger partial charge in [0.1, 0.15) is 18.8 Å². The number of halogens is 1. The Balaban J connectivity index is 1.97. The zero-order valence-corrected chi connectivity index (χ0v) is 13.7. The zero-order chi connectivity index (χ0) is 17.1. The van der Waals surface area contributed by atoms with Crippen molar-refractivity contribution in [1.29, 1.82) is 0 Å². The number of aromatic nitrogens is 5. The molecule has 2 aromatic rings. The van der Waals surface area contributed by atoms with E-state index in [0.717, 1.165) is 0 Å². The lowest BCUT2D eigenvalue weighted by molar-refractivity contribution is -0.136. The average molecular weight is 341 g/mol. The van der Waals surface area contributed by atoms with Gasteiger partial charge < -0.3 is 10.4 Å². The van der Waals surface area contributed by atoms with Crippen LogP contribution in [0.3, 0.4) is 0 Å². The molecule has 3 N–H and O–H groups in total. The molecule has 23 heavy (non-hydrogen) atoms. The predicted molar refractivity (Wildman–Crippen MR) is 81.0 cm³/mol. The number of hydrogen-bond acceptors (Lipinski definition) is 5. The third-order valence-electron chi connectivity index (χ3n) is 3.22. The van der Waals surface area contributed by atoms with E-state index in [1.807, 2.05) is 0 Å². The van der Waals surface area contributed by atoms with E-state index in [2.05, 4.69) is 25.6 Å². The third kappa shape index (κ3) is 4.07. The highest BCUT2D eigenvalue weighted by Gasteiger charge is 2.17. The van der Waals surface area contributed by atoms with Crippen molar-refractivity contribution in [2.75, 3.05) is 0 Å². The molecule has 2 heterocycles. The Morgan fingerprint density at radius 2 is 2.13 bits per heavy atom. The number of amides is 1. The van der Waals surface area contributed by atoms with Gasteiger partial charge >= 0.3 is 5.97 Å². The molecule has 0 saturated heterocycles. The topological polar surface area (TPSA) is 126 Å². The molecule has 0 aliphatic carbocycles. The number of rotatable bonds is 6. The van der Waals surface area contributed by atoms with Gasteiger partial charge in [-0.05, 0) is 20.8 Å². The van der Waals surface area contributed by atoms with Gasteiger partial charge in [0.15, 0.2) is 5.82 Å². The molecule has 9 nitrogen and oxygen atoms in total. The summed E-state index contributed by atoms with van der Waals surface area (Å²) >= 11 is 6.04. The number of carboxylic acids is 1. The number of carbonyl (C=O) groups is 2. The van der Waals surface area contributed by atoms with Crippen molar-refractivity contribution >= 4 is 23.5 Å². The van der Waals surface area contributed by atoms with Crippen LogP contribution in [-0.4, -0.2) is 41.9 Å². The molecule has 2 rings (SSSR count). The number of carbonyl (C=O) groups excluding carboxylic acids is 1. The first-order chi connectivity index (χ1) is 10.8. The van der Waals surface area contributed by atoms with Crippen LogP contribution in [0.15, 0.2) is 0 Å². The summed E-state index contributed by atoms with van der Waals surface area (Å²) in [5.74, 6) is -0.727. The number of hydrogen-bond donors (Lipinski definition) is 3. The van der Waals surface area contributed by atoms with Gasteiger partial charge in [-0.2, -0.15) is 10.2 Å². The van der Waals surface area contributed by atoms with Gasteiger partial charge in [0.2, 0.25) is 5.91 Å². The third-order valence-corrected chi connectivity index (χ3v) is 3.77. The fraction of sp³-hybridized carbons (Fsp3) is 0.462. The van der Waals surface area contributed by atoms with Gasteiger partial charge in [0, 0.05) is 0 Å². The molecule has 2 aromatic heterocycles. The fourth-order valence-corrected chi connectivity index (χ4v) is 2.18. The minimum Gasteiger partial charge on any atom is -0.481 e. The van der Waals surface area contributed by atoms with Crippen LogP contribution in [0, 0.1) is 13.8 Å². The van der Waals surface area contributed by atoms with Crippen LogP contribution in [0.4, 0.5) is 0 Å². The first-order valence-electron chi connectivity index (χ1n) is 6.89. The number of carboxylic acid groups (broad SMARTS) is 1. The lowest BCUT2D eigenvalue weighted by Crippen LogP contribution is -2.31. The Kier molecular flexibility index (Phi) is 4.99. The molecular formula is C13H17ClN6O3. The Hall–Kier alpha value is -2.42. The van der Waals surface area contributed by atoms with E-state index < -0.39 is 12.0 Å². The minimum atomic E-state index is -1.01. The molecule has 0 aliphatic rings. The van der Waals surface area contributed by atoms with Crippen LogP contribution >= 0.6 is 11.6 Å². The highest BCUT2D eigenvalue weighted by Crippen LogP contribution is 2.18. The van der Waals surface area contributed by atoms with Gasteiger partial charge in [-0.1, -0.05) is 11.6 Å². The molecule has 0 saturated carbocycles. The highest BCUT2D eigenvalue weighted by molar-refractivity contribution is 6.31. The Labute approximate surface area is 137 Å². The number of nitrogens with zero attached hydrogens (tertiary/aromatic N) is 4. The first kappa shape index (κ1) is 16.9. The second kappa shape index (κ2) is 6.78. The summed E-state index contributed by atoms with van der Waals surface area (Å²) in [6.45, 7) is 5.28. The van der Waals surface area contributed by atoms with Crippen molar-refractivity contribution < 1.29 is 14.7 Å². The van der Waals surface area contributed by atoms with Crippen molar-refractivity contribution in [3.8, 4) is 0 Å². The molecule has 0 aliphatic heterocycles. The van der Waals surface area contributed by atoms with Gasteiger partial charge in [-0.3, -0.25) is 19.4 Å². The van der Waals surface area contributed by atoms with Gasteiger partial charge in [-0.15, -0.1) is 0 Å². The van der Waals surface area contributed by atoms with Crippen LogP contribution in [0.2, 0.25) is 5.02 Å². The summed E-state index contributed by atoms with van der Waals surface area (Å²) in [7, 11) is 0. The largest absolute Gasteiger partial charge is 0.481 e. The predicted octanol–water partition coefficient (Wildman–Crippen LogP) is 0.776. The molecule has 1 atom stereocenters. The number of aliphatic carboxylic acids is 1. The van der Waals surface area contributed by atoms with Crippen molar-refractivity contribution in [2.24, 2.45) is 0 Å². The lowest BCUT2D eigenvalue weighted by atomic mass is 10.3. The maximum absolute atomic E-state index is 12.1. The van der Waals surface area contributed by atoms with E-state index in [0.29, 0.717) is 22.2 Å². The molecule has 0 radical (unpaired) electrons. The fourth-order valence-electron chi connectivity index (χ4n) is 2.04. The molecule has 0 bridgehead atoms. The standard InChI is InChI=1S/C13H17ClN6O3/c1-6-12(14)8(3)20(19-6)5-10(21)15-7(2)13-16-9(17-18-13)4-11(22)23/h7H,4-5H2,1-3H3,(H,15,21)(H,22,23)(H,16,17,18)/t7-/m0/s1. The quantitative estimate of drug-likeness (QED) is 0.713. The molecular weight excluding hydrogens is 324 g/mol. The summed E-state index contributed by atoms with van der Waals surface area (Å²) < 4.78 is 1.52. The lowest BCUT2D eigenvalue weighted by Gasteiger charge is -2.11. The van der Waals surface area contributed by atoms with Crippen LogP contribution in [-0.2, 0) is 22.6 Å². The second-order valence-corrected chi connectivity index (χ2v) is 5.52. The second-order valence-electron chi connectivity index (χ2n) is 5.14. The summed E-state index contributed by atoms with van der Waals surface area (Å²) in [5, 5.41) is 22.6. The summed E-state index contributed by atoms with van der Waals surface area (Å²) in [6.07, 6.45) is -0.252. The number of nitrogens with one attached hydrogen (secondary N) is 2. The number of H-pyrrole nitrogens is 1. The van der Waals surface area contributed by atoms with E-state index in [-0.39, 0.29) is 24.7 Å². The van der Waals surface area contributed by atoms with Crippen LogP contribution in [0.1, 0.15) is 36.0 Å². The molecule has 0 fully saturated rings. The number of aromatic amines is 1. The molecule has 10 heteroatoms. The monoisotopic (exact) mass is 340 g/mol. The highest BCUT2D eigenvalue weighted by atomic mass is 35.5. The Bertz CT molecular complexity index is 738. The average Bonchev–Trinajstić information content (AvgIpc) is 3.00. The van der Waals surface area contributed by atoms with Crippen LogP contribution in [0.5, 0.6) is 0 Å². The Morgan fingerprint density at radius 3 is 2.70 bits per heavy atom. The number of aryl methyl sites for hydroxylation is 1. The molecule has 1 amide bonds. The molecule has 0 aromatic carbocycles. The van der Waals surface area contributed by atoms with Crippen molar-refractivity contribution in [3.05, 3.63) is 28.1 Å². The smallest absolute Gasteiger partial charge is 0.311 e. The van der Waals surface area contributed by atoms with Gasteiger partial charge in [0.25, 0.3) is 0 Å². The van der Waals surface area contributed by atoms with E-state index in [1.165, 1.54) is 4.68 Å².